The highest BCUT2D eigenvalue weighted by atomic mass is 16.5. The van der Waals surface area contributed by atoms with E-state index in [4.69, 9.17) is 4.74 Å². The third kappa shape index (κ3) is 4.20. The Labute approximate surface area is 99.8 Å². The van der Waals surface area contributed by atoms with Crippen molar-refractivity contribution >= 4 is 11.7 Å². The molecular weight excluding hydrogens is 222 g/mol. The van der Waals surface area contributed by atoms with Crippen LogP contribution in [-0.4, -0.2) is 39.0 Å². The Bertz CT molecular complexity index is 389. The van der Waals surface area contributed by atoms with Gasteiger partial charge in [-0.15, -0.1) is 5.11 Å². The molecule has 0 heterocycles. The van der Waals surface area contributed by atoms with E-state index in [1.165, 1.54) is 7.11 Å². The molecule has 1 rings (SSSR count). The fraction of sp³-hybridized carbons (Fsp3) is 0.364. The molecule has 0 fully saturated rings. The molecule has 0 N–H and O–H groups in total. The van der Waals surface area contributed by atoms with Gasteiger partial charge in [-0.25, -0.2) is 4.79 Å². The second-order valence-corrected chi connectivity index (χ2v) is 3.30. The van der Waals surface area contributed by atoms with E-state index in [1.807, 2.05) is 0 Å². The molecule has 6 heteroatoms. The highest BCUT2D eigenvalue weighted by molar-refractivity contribution is 5.89. The van der Waals surface area contributed by atoms with E-state index in [0.29, 0.717) is 18.0 Å². The van der Waals surface area contributed by atoms with E-state index in [-0.39, 0.29) is 5.97 Å². The number of esters is 1. The maximum Gasteiger partial charge on any atom is 0.337 e. The van der Waals surface area contributed by atoms with Gasteiger partial charge < -0.3 is 9.47 Å². The normalized spacial score (nSPS) is 10.5. The highest BCUT2D eigenvalue weighted by Crippen LogP contribution is 2.14. The molecule has 0 aromatic heterocycles. The number of methoxy groups -OCH3 is 2. The van der Waals surface area contributed by atoms with Crippen LogP contribution in [-0.2, 0) is 9.47 Å². The minimum absolute atomic E-state index is 0.365. The highest BCUT2D eigenvalue weighted by Gasteiger charge is 2.03. The zero-order chi connectivity index (χ0) is 12.7. The van der Waals surface area contributed by atoms with Crippen LogP contribution in [0.15, 0.2) is 34.6 Å². The van der Waals surface area contributed by atoms with Gasteiger partial charge in [-0.2, -0.15) is 0 Å². The average molecular weight is 237 g/mol. The lowest BCUT2D eigenvalue weighted by atomic mass is 10.2. The van der Waals surface area contributed by atoms with E-state index in [1.54, 1.807) is 43.4 Å². The summed E-state index contributed by atoms with van der Waals surface area (Å²) in [6.07, 6.45) is 0. The minimum Gasteiger partial charge on any atom is -0.465 e. The molecule has 0 aliphatic rings. The van der Waals surface area contributed by atoms with E-state index >= 15 is 0 Å². The molecule has 0 unspecified atom stereocenters. The SMILES string of the molecule is COCN(C)N=Nc1ccc(C(=O)OC)cc1. The number of nitrogens with zero attached hydrogens (tertiary/aromatic N) is 3. The van der Waals surface area contributed by atoms with Crippen molar-refractivity contribution in [2.45, 2.75) is 0 Å². The standard InChI is InChI=1S/C11H15N3O3/c1-14(8-16-2)13-12-10-6-4-9(5-7-10)11(15)17-3/h4-7H,8H2,1-3H3. The fourth-order valence-electron chi connectivity index (χ4n) is 1.12. The lowest BCUT2D eigenvalue weighted by Gasteiger charge is -2.08. The third-order valence-corrected chi connectivity index (χ3v) is 1.92. The quantitative estimate of drug-likeness (QED) is 0.340. The van der Waals surface area contributed by atoms with Gasteiger partial charge in [-0.1, -0.05) is 5.22 Å². The van der Waals surface area contributed by atoms with Gasteiger partial charge in [-0.05, 0) is 24.3 Å². The number of carbonyl (C=O) groups excluding carboxylic acids is 1. The number of hydrogen-bond donors (Lipinski definition) is 0. The molecule has 0 bridgehead atoms. The molecule has 1 aromatic carbocycles. The molecule has 17 heavy (non-hydrogen) atoms. The summed E-state index contributed by atoms with van der Waals surface area (Å²) in [6, 6.07) is 6.65. The minimum atomic E-state index is -0.370. The molecule has 0 radical (unpaired) electrons. The van der Waals surface area contributed by atoms with Gasteiger partial charge in [0, 0.05) is 14.2 Å². The van der Waals surface area contributed by atoms with Crippen LogP contribution in [0.3, 0.4) is 0 Å². The Hall–Kier alpha value is -1.95. The average Bonchev–Trinajstić information content (AvgIpc) is 2.36. The first-order valence-corrected chi connectivity index (χ1v) is 4.97. The van der Waals surface area contributed by atoms with E-state index in [9.17, 15) is 4.79 Å². The Balaban J connectivity index is 2.65. The summed E-state index contributed by atoms with van der Waals surface area (Å²) >= 11 is 0. The van der Waals surface area contributed by atoms with Crippen LogP contribution in [0.1, 0.15) is 10.4 Å². The van der Waals surface area contributed by atoms with Crippen LogP contribution in [0.5, 0.6) is 0 Å². The third-order valence-electron chi connectivity index (χ3n) is 1.92. The maximum atomic E-state index is 11.2. The Kier molecular flexibility index (Phi) is 5.09. The molecule has 0 aliphatic heterocycles. The molecule has 0 saturated carbocycles. The monoisotopic (exact) mass is 237 g/mol. The predicted molar refractivity (Wildman–Crippen MR) is 61.9 cm³/mol. The predicted octanol–water partition coefficient (Wildman–Crippen LogP) is 2.01. The Morgan fingerprint density at radius 2 is 1.94 bits per heavy atom. The van der Waals surface area contributed by atoms with E-state index < -0.39 is 0 Å². The van der Waals surface area contributed by atoms with E-state index in [0.717, 1.165) is 0 Å². The molecule has 0 aliphatic carbocycles. The zero-order valence-electron chi connectivity index (χ0n) is 10.1. The van der Waals surface area contributed by atoms with Crippen molar-refractivity contribution in [3.8, 4) is 0 Å². The van der Waals surface area contributed by atoms with Crippen molar-refractivity contribution in [1.29, 1.82) is 0 Å². The maximum absolute atomic E-state index is 11.2. The lowest BCUT2D eigenvalue weighted by molar-refractivity contribution is 0.0601. The van der Waals surface area contributed by atoms with E-state index in [2.05, 4.69) is 15.1 Å². The zero-order valence-corrected chi connectivity index (χ0v) is 10.1. The number of ether oxygens (including phenoxy) is 2. The molecule has 6 nitrogen and oxygen atoms in total. The summed E-state index contributed by atoms with van der Waals surface area (Å²) in [5.74, 6) is -0.370. The van der Waals surface area contributed by atoms with Crippen LogP contribution in [0.2, 0.25) is 0 Å². The first-order valence-electron chi connectivity index (χ1n) is 4.97. The van der Waals surface area contributed by atoms with Crippen LogP contribution >= 0.6 is 0 Å². The second-order valence-electron chi connectivity index (χ2n) is 3.30. The largest absolute Gasteiger partial charge is 0.465 e. The summed E-state index contributed by atoms with van der Waals surface area (Å²) in [7, 11) is 4.67. The first kappa shape index (κ1) is 13.1. The van der Waals surface area contributed by atoms with Crippen LogP contribution < -0.4 is 0 Å². The topological polar surface area (TPSA) is 63.5 Å². The summed E-state index contributed by atoms with van der Waals surface area (Å²) in [6.45, 7) is 0.365. The number of rotatable bonds is 5. The molecule has 92 valence electrons. The second kappa shape index (κ2) is 6.59. The molecule has 0 amide bonds. The van der Waals surface area contributed by atoms with Crippen molar-refractivity contribution in [3.05, 3.63) is 29.8 Å². The smallest absolute Gasteiger partial charge is 0.337 e. The summed E-state index contributed by atoms with van der Waals surface area (Å²) in [5, 5.41) is 9.42. The molecule has 1 aromatic rings. The summed E-state index contributed by atoms with van der Waals surface area (Å²) in [5.41, 5.74) is 1.14. The van der Waals surface area contributed by atoms with Gasteiger partial charge in [0.15, 0.2) is 0 Å². The summed E-state index contributed by atoms with van der Waals surface area (Å²) < 4.78 is 9.46. The van der Waals surface area contributed by atoms with Gasteiger partial charge in [-0.3, -0.25) is 5.01 Å². The van der Waals surface area contributed by atoms with Crippen molar-refractivity contribution in [2.75, 3.05) is 28.0 Å². The van der Waals surface area contributed by atoms with Gasteiger partial charge in [0.05, 0.1) is 18.4 Å². The fourth-order valence-corrected chi connectivity index (χ4v) is 1.12. The van der Waals surface area contributed by atoms with Gasteiger partial charge in [0.2, 0.25) is 0 Å². The molecule has 0 atom stereocenters. The lowest BCUT2D eigenvalue weighted by Crippen LogP contribution is -2.12. The first-order chi connectivity index (χ1) is 8.17. The Morgan fingerprint density at radius 1 is 1.29 bits per heavy atom. The molecule has 0 spiro atoms. The van der Waals surface area contributed by atoms with Crippen LogP contribution in [0.25, 0.3) is 0 Å². The van der Waals surface area contributed by atoms with Crippen molar-refractivity contribution in [2.24, 2.45) is 10.3 Å². The number of carbonyl (C=O) groups is 1. The van der Waals surface area contributed by atoms with Crippen molar-refractivity contribution < 1.29 is 14.3 Å². The van der Waals surface area contributed by atoms with Gasteiger partial charge in [0.25, 0.3) is 0 Å². The van der Waals surface area contributed by atoms with Crippen LogP contribution in [0, 0.1) is 0 Å². The number of benzene rings is 1. The van der Waals surface area contributed by atoms with Crippen molar-refractivity contribution in [1.82, 2.24) is 5.01 Å². The van der Waals surface area contributed by atoms with Crippen molar-refractivity contribution in [3.63, 3.8) is 0 Å². The number of hydrogen-bond acceptors (Lipinski definition) is 5. The Morgan fingerprint density at radius 3 is 2.47 bits per heavy atom. The van der Waals surface area contributed by atoms with Crippen LogP contribution in [0.4, 0.5) is 5.69 Å². The van der Waals surface area contributed by atoms with Gasteiger partial charge in [0.1, 0.15) is 6.73 Å². The van der Waals surface area contributed by atoms with Gasteiger partial charge >= 0.3 is 5.97 Å². The molecule has 0 saturated heterocycles. The molecular formula is C11H15N3O3. The summed E-state index contributed by atoms with van der Waals surface area (Å²) in [4.78, 5) is 11.2.